The fraction of sp³-hybridized carbons (Fsp3) is 0.308. The number of rotatable bonds is 5. The molecule has 1 saturated heterocycles. The summed E-state index contributed by atoms with van der Waals surface area (Å²) in [5, 5.41) is 5.81. The van der Waals surface area contributed by atoms with Crippen LogP contribution in [0.4, 0.5) is 5.82 Å². The number of anilines is 1. The van der Waals surface area contributed by atoms with Gasteiger partial charge in [0.2, 0.25) is 5.91 Å². The van der Waals surface area contributed by atoms with Crippen molar-refractivity contribution in [2.24, 2.45) is 0 Å². The summed E-state index contributed by atoms with van der Waals surface area (Å²) in [6.07, 6.45) is 1.49. The monoisotopic (exact) mass is 474 g/mol. The van der Waals surface area contributed by atoms with Crippen molar-refractivity contribution in [3.05, 3.63) is 77.7 Å². The number of aromatic nitrogens is 4. The SMILES string of the molecule is Cc1nn(-c2ccccc2)c2nc(Cc3ccccc3)nc(N3CCCN(C(=O)CCl)CC3)c12. The predicted molar refractivity (Wildman–Crippen MR) is 135 cm³/mol. The minimum atomic E-state index is -0.0193. The predicted octanol–water partition coefficient (Wildman–Crippen LogP) is 3.99. The van der Waals surface area contributed by atoms with Gasteiger partial charge in [0.25, 0.3) is 0 Å². The second-order valence-corrected chi connectivity index (χ2v) is 8.78. The van der Waals surface area contributed by atoms with Crippen LogP contribution in [-0.4, -0.2) is 62.6 Å². The van der Waals surface area contributed by atoms with E-state index in [2.05, 4.69) is 17.0 Å². The zero-order chi connectivity index (χ0) is 23.5. The molecule has 3 heterocycles. The van der Waals surface area contributed by atoms with Crippen LogP contribution in [0.25, 0.3) is 16.7 Å². The van der Waals surface area contributed by atoms with Gasteiger partial charge in [-0.05, 0) is 31.0 Å². The fourth-order valence-corrected chi connectivity index (χ4v) is 4.67. The third kappa shape index (κ3) is 4.48. The highest BCUT2D eigenvalue weighted by molar-refractivity contribution is 6.27. The molecule has 8 heteroatoms. The summed E-state index contributed by atoms with van der Waals surface area (Å²) in [4.78, 5) is 26.3. The van der Waals surface area contributed by atoms with Gasteiger partial charge in [0, 0.05) is 32.6 Å². The van der Waals surface area contributed by atoms with Crippen molar-refractivity contribution in [3.63, 3.8) is 0 Å². The van der Waals surface area contributed by atoms with Crippen molar-refractivity contribution in [1.29, 1.82) is 0 Å². The highest BCUT2D eigenvalue weighted by Gasteiger charge is 2.24. The maximum atomic E-state index is 12.2. The van der Waals surface area contributed by atoms with Crippen LogP contribution in [0, 0.1) is 6.92 Å². The Morgan fingerprint density at radius 3 is 2.41 bits per heavy atom. The molecule has 1 aliphatic rings. The van der Waals surface area contributed by atoms with Gasteiger partial charge >= 0.3 is 0 Å². The summed E-state index contributed by atoms with van der Waals surface area (Å²) < 4.78 is 1.91. The zero-order valence-corrected chi connectivity index (χ0v) is 19.9. The average molecular weight is 475 g/mol. The number of halogens is 1. The van der Waals surface area contributed by atoms with Crippen LogP contribution in [-0.2, 0) is 11.2 Å². The molecule has 0 aliphatic carbocycles. The Hall–Kier alpha value is -3.45. The largest absolute Gasteiger partial charge is 0.354 e. The summed E-state index contributed by atoms with van der Waals surface area (Å²) in [6.45, 7) is 4.83. The number of alkyl halides is 1. The van der Waals surface area contributed by atoms with Gasteiger partial charge < -0.3 is 9.80 Å². The third-order valence-corrected chi connectivity index (χ3v) is 6.43. The maximum Gasteiger partial charge on any atom is 0.237 e. The minimum absolute atomic E-state index is 0.0158. The lowest BCUT2D eigenvalue weighted by molar-refractivity contribution is -0.128. The summed E-state index contributed by atoms with van der Waals surface area (Å²) in [6, 6.07) is 20.3. The van der Waals surface area contributed by atoms with E-state index < -0.39 is 0 Å². The van der Waals surface area contributed by atoms with Crippen molar-refractivity contribution in [3.8, 4) is 5.69 Å². The van der Waals surface area contributed by atoms with E-state index in [0.717, 1.165) is 52.6 Å². The molecule has 0 radical (unpaired) electrons. The molecule has 1 aliphatic heterocycles. The second-order valence-electron chi connectivity index (χ2n) is 8.51. The van der Waals surface area contributed by atoms with Gasteiger partial charge in [-0.3, -0.25) is 4.79 Å². The van der Waals surface area contributed by atoms with E-state index >= 15 is 0 Å². The number of para-hydroxylation sites is 1. The van der Waals surface area contributed by atoms with E-state index in [-0.39, 0.29) is 11.8 Å². The molecule has 0 atom stereocenters. The minimum Gasteiger partial charge on any atom is -0.354 e. The number of carbonyl (C=O) groups is 1. The second kappa shape index (κ2) is 9.81. The molecule has 0 N–H and O–H groups in total. The highest BCUT2D eigenvalue weighted by Crippen LogP contribution is 2.30. The number of fused-ring (bicyclic) bond motifs is 1. The Kier molecular flexibility index (Phi) is 6.45. The van der Waals surface area contributed by atoms with Crippen LogP contribution in [0.5, 0.6) is 0 Å². The molecule has 1 amide bonds. The molecule has 34 heavy (non-hydrogen) atoms. The van der Waals surface area contributed by atoms with Crippen molar-refractivity contribution in [1.82, 2.24) is 24.6 Å². The first-order valence-electron chi connectivity index (χ1n) is 11.6. The van der Waals surface area contributed by atoms with Gasteiger partial charge in [0.05, 0.1) is 16.8 Å². The molecule has 2 aromatic heterocycles. The molecule has 0 bridgehead atoms. The van der Waals surface area contributed by atoms with Crippen LogP contribution in [0.2, 0.25) is 0 Å². The molecule has 1 fully saturated rings. The molecule has 0 saturated carbocycles. The van der Waals surface area contributed by atoms with Gasteiger partial charge in [0.1, 0.15) is 17.5 Å². The summed E-state index contributed by atoms with van der Waals surface area (Å²) in [5.41, 5.74) is 3.81. The van der Waals surface area contributed by atoms with Crippen LogP contribution >= 0.6 is 11.6 Å². The van der Waals surface area contributed by atoms with E-state index in [9.17, 15) is 4.79 Å². The first-order valence-corrected chi connectivity index (χ1v) is 12.1. The number of amides is 1. The average Bonchev–Trinajstić information content (AvgIpc) is 3.04. The van der Waals surface area contributed by atoms with Gasteiger partial charge in [-0.15, -0.1) is 11.6 Å². The lowest BCUT2D eigenvalue weighted by atomic mass is 10.1. The lowest BCUT2D eigenvalue weighted by Gasteiger charge is -2.23. The number of nitrogens with zero attached hydrogens (tertiary/aromatic N) is 6. The molecule has 5 rings (SSSR count). The van der Waals surface area contributed by atoms with E-state index in [1.165, 1.54) is 0 Å². The summed E-state index contributed by atoms with van der Waals surface area (Å²) in [5.74, 6) is 1.63. The van der Waals surface area contributed by atoms with E-state index in [0.29, 0.717) is 26.1 Å². The number of hydrogen-bond acceptors (Lipinski definition) is 5. The van der Waals surface area contributed by atoms with E-state index in [1.54, 1.807) is 0 Å². The third-order valence-electron chi connectivity index (χ3n) is 6.20. The van der Waals surface area contributed by atoms with Crippen LogP contribution < -0.4 is 4.90 Å². The molecule has 4 aromatic rings. The van der Waals surface area contributed by atoms with E-state index in [4.69, 9.17) is 26.7 Å². The van der Waals surface area contributed by atoms with Crippen molar-refractivity contribution >= 4 is 34.4 Å². The first-order chi connectivity index (χ1) is 16.6. The Bertz CT molecular complexity index is 1290. The number of aryl methyl sites for hydroxylation is 1. The maximum absolute atomic E-state index is 12.2. The van der Waals surface area contributed by atoms with Gasteiger partial charge in [-0.25, -0.2) is 14.6 Å². The van der Waals surface area contributed by atoms with Crippen LogP contribution in [0.15, 0.2) is 60.7 Å². The van der Waals surface area contributed by atoms with E-state index in [1.807, 2.05) is 65.0 Å². The topological polar surface area (TPSA) is 67.2 Å². The molecular weight excluding hydrogens is 448 g/mol. The summed E-state index contributed by atoms with van der Waals surface area (Å²) in [7, 11) is 0. The Balaban J connectivity index is 1.61. The molecular formula is C26H27ClN6O. The quantitative estimate of drug-likeness (QED) is 0.409. The van der Waals surface area contributed by atoms with Gasteiger partial charge in [-0.2, -0.15) is 5.10 Å². The number of hydrogen-bond donors (Lipinski definition) is 0. The van der Waals surface area contributed by atoms with Gasteiger partial charge in [0.15, 0.2) is 5.65 Å². The Morgan fingerprint density at radius 2 is 1.68 bits per heavy atom. The number of benzene rings is 2. The smallest absolute Gasteiger partial charge is 0.237 e. The normalized spacial score (nSPS) is 14.4. The Morgan fingerprint density at radius 1 is 0.941 bits per heavy atom. The molecule has 0 unspecified atom stereocenters. The zero-order valence-electron chi connectivity index (χ0n) is 19.2. The fourth-order valence-electron chi connectivity index (χ4n) is 4.50. The number of carbonyl (C=O) groups excluding carboxylic acids is 1. The standard InChI is InChI=1S/C26H27ClN6O/c1-19-24-25(32-14-8-13-31(15-16-32)23(34)18-27)28-22(17-20-9-4-2-5-10-20)29-26(24)33(30-19)21-11-6-3-7-12-21/h2-7,9-12H,8,13-18H2,1H3. The van der Waals surface area contributed by atoms with Gasteiger partial charge in [-0.1, -0.05) is 48.5 Å². The lowest BCUT2D eigenvalue weighted by Crippen LogP contribution is -2.36. The van der Waals surface area contributed by atoms with Crippen molar-refractivity contribution in [2.45, 2.75) is 19.8 Å². The Labute approximate surface area is 204 Å². The molecule has 7 nitrogen and oxygen atoms in total. The molecule has 2 aromatic carbocycles. The first kappa shape index (κ1) is 22.3. The summed E-state index contributed by atoms with van der Waals surface area (Å²) >= 11 is 5.81. The molecule has 174 valence electrons. The van der Waals surface area contributed by atoms with Crippen molar-refractivity contribution < 1.29 is 4.79 Å². The molecule has 0 spiro atoms. The van der Waals surface area contributed by atoms with Crippen molar-refractivity contribution in [2.75, 3.05) is 37.0 Å². The highest BCUT2D eigenvalue weighted by atomic mass is 35.5. The van der Waals surface area contributed by atoms with Crippen LogP contribution in [0.3, 0.4) is 0 Å². The van der Waals surface area contributed by atoms with Crippen LogP contribution in [0.1, 0.15) is 23.5 Å².